The first-order valence-corrected chi connectivity index (χ1v) is 11.5. The van der Waals surface area contributed by atoms with Gasteiger partial charge in [0.05, 0.1) is 19.1 Å². The molecule has 1 N–H and O–H groups in total. The van der Waals surface area contributed by atoms with Gasteiger partial charge in [-0.3, -0.25) is 14.2 Å². The molecule has 5 rings (SSSR count). The predicted molar refractivity (Wildman–Crippen MR) is 134 cm³/mol. The Bertz CT molecular complexity index is 1630. The second-order valence-electron chi connectivity index (χ2n) is 8.41. The zero-order chi connectivity index (χ0) is 24.4. The van der Waals surface area contributed by atoms with E-state index in [1.54, 1.807) is 29.0 Å². The van der Waals surface area contributed by atoms with Gasteiger partial charge in [0.1, 0.15) is 12.3 Å². The van der Waals surface area contributed by atoms with Gasteiger partial charge < -0.3 is 14.3 Å². The van der Waals surface area contributed by atoms with E-state index >= 15 is 0 Å². The van der Waals surface area contributed by atoms with Crippen molar-refractivity contribution in [3.8, 4) is 0 Å². The van der Waals surface area contributed by atoms with Crippen LogP contribution in [0.3, 0.4) is 0 Å². The van der Waals surface area contributed by atoms with Crippen LogP contribution in [0.5, 0.6) is 0 Å². The lowest BCUT2D eigenvalue weighted by molar-refractivity contribution is -0.116. The van der Waals surface area contributed by atoms with Gasteiger partial charge in [0.15, 0.2) is 11.2 Å². The van der Waals surface area contributed by atoms with Crippen molar-refractivity contribution in [2.75, 3.05) is 5.32 Å². The summed E-state index contributed by atoms with van der Waals surface area (Å²) in [6.07, 6.45) is 4.68. The Kier molecular flexibility index (Phi) is 6.05. The Morgan fingerprint density at radius 1 is 1.03 bits per heavy atom. The first-order valence-electron chi connectivity index (χ1n) is 11.5. The lowest BCUT2D eigenvalue weighted by Gasteiger charge is -2.12. The minimum atomic E-state index is -0.560. The topological polar surface area (TPSA) is 104 Å². The number of nitrogens with zero attached hydrogens (tertiary/aromatic N) is 4. The zero-order valence-corrected chi connectivity index (χ0v) is 19.3. The molecule has 2 aromatic carbocycles. The second-order valence-corrected chi connectivity index (χ2v) is 8.41. The van der Waals surface area contributed by atoms with Gasteiger partial charge in [0.25, 0.3) is 5.56 Å². The number of anilines is 1. The van der Waals surface area contributed by atoms with E-state index in [1.807, 2.05) is 43.3 Å². The molecule has 0 radical (unpaired) electrons. The van der Waals surface area contributed by atoms with E-state index in [9.17, 15) is 14.4 Å². The highest BCUT2D eigenvalue weighted by Gasteiger charge is 2.20. The van der Waals surface area contributed by atoms with Crippen LogP contribution in [0.4, 0.5) is 5.69 Å². The van der Waals surface area contributed by atoms with Crippen LogP contribution in [0.25, 0.3) is 21.9 Å². The van der Waals surface area contributed by atoms with E-state index in [2.05, 4.69) is 10.3 Å². The minimum absolute atomic E-state index is 0.260. The van der Waals surface area contributed by atoms with Crippen molar-refractivity contribution < 1.29 is 9.21 Å². The molecule has 0 unspecified atom stereocenters. The molecule has 0 saturated heterocycles. The molecule has 0 bridgehead atoms. The molecule has 1 amide bonds. The summed E-state index contributed by atoms with van der Waals surface area (Å²) < 4.78 is 9.52. The number of amides is 1. The van der Waals surface area contributed by atoms with Crippen molar-refractivity contribution in [3.63, 3.8) is 0 Å². The third kappa shape index (κ3) is 4.40. The van der Waals surface area contributed by atoms with E-state index < -0.39 is 23.7 Å². The second kappa shape index (κ2) is 9.46. The summed E-state index contributed by atoms with van der Waals surface area (Å²) in [6, 6.07) is 16.9. The fraction of sp³-hybridized carbons (Fsp3) is 0.231. The molecule has 178 valence electrons. The summed E-state index contributed by atoms with van der Waals surface area (Å²) in [4.78, 5) is 44.0. The number of unbranched alkanes of at least 4 members (excludes halogenated alkanes) is 1. The van der Waals surface area contributed by atoms with Gasteiger partial charge in [-0.15, -0.1) is 0 Å². The lowest BCUT2D eigenvalue weighted by atomic mass is 10.1. The van der Waals surface area contributed by atoms with Gasteiger partial charge in [-0.2, -0.15) is 0 Å². The molecule has 3 heterocycles. The van der Waals surface area contributed by atoms with Gasteiger partial charge in [0, 0.05) is 12.2 Å². The van der Waals surface area contributed by atoms with Gasteiger partial charge in [-0.25, -0.2) is 14.3 Å². The molecule has 9 nitrogen and oxygen atoms in total. The molecule has 35 heavy (non-hydrogen) atoms. The van der Waals surface area contributed by atoms with Gasteiger partial charge in [-0.05, 0) is 41.5 Å². The van der Waals surface area contributed by atoms with Crippen molar-refractivity contribution in [2.24, 2.45) is 0 Å². The third-order valence-electron chi connectivity index (χ3n) is 5.96. The van der Waals surface area contributed by atoms with E-state index in [1.165, 1.54) is 10.9 Å². The maximum atomic E-state index is 13.4. The summed E-state index contributed by atoms with van der Waals surface area (Å²) in [5, 5.41) is 4.84. The maximum Gasteiger partial charge on any atom is 0.333 e. The van der Waals surface area contributed by atoms with Gasteiger partial charge in [0.2, 0.25) is 5.91 Å². The number of aryl methyl sites for hydroxylation is 1. The normalized spacial score (nSPS) is 11.3. The summed E-state index contributed by atoms with van der Waals surface area (Å²) in [5.74, 6) is 0.188. The quantitative estimate of drug-likeness (QED) is 0.372. The summed E-state index contributed by atoms with van der Waals surface area (Å²) in [7, 11) is 0. The van der Waals surface area contributed by atoms with E-state index in [4.69, 9.17) is 4.42 Å². The fourth-order valence-electron chi connectivity index (χ4n) is 4.20. The average molecular weight is 472 g/mol. The lowest BCUT2D eigenvalue weighted by Crippen LogP contribution is -2.43. The molecule has 0 aliphatic rings. The Labute approximate surface area is 200 Å². The number of hydrogen-bond donors (Lipinski definition) is 1. The number of aromatic nitrogens is 4. The number of carbonyl (C=O) groups excluding carboxylic acids is 1. The van der Waals surface area contributed by atoms with Crippen LogP contribution in [0.15, 0.2) is 81.2 Å². The first kappa shape index (κ1) is 22.4. The Hall–Kier alpha value is -4.40. The minimum Gasteiger partial charge on any atom is -0.467 e. The monoisotopic (exact) mass is 471 g/mol. The van der Waals surface area contributed by atoms with E-state index in [0.29, 0.717) is 23.6 Å². The fourth-order valence-corrected chi connectivity index (χ4v) is 4.20. The van der Waals surface area contributed by atoms with Gasteiger partial charge >= 0.3 is 5.69 Å². The number of nitrogens with one attached hydrogen (secondary N) is 1. The highest BCUT2D eigenvalue weighted by atomic mass is 16.3. The molecule has 5 aromatic rings. The van der Waals surface area contributed by atoms with E-state index in [0.717, 1.165) is 28.2 Å². The predicted octanol–water partition coefficient (Wildman–Crippen LogP) is 3.59. The van der Waals surface area contributed by atoms with Crippen LogP contribution in [-0.2, 0) is 24.4 Å². The molecular formula is C26H25N5O4. The number of fused-ring (bicyclic) bond motifs is 2. The molecule has 0 atom stereocenters. The van der Waals surface area contributed by atoms with Crippen molar-refractivity contribution in [1.29, 1.82) is 0 Å². The van der Waals surface area contributed by atoms with E-state index in [-0.39, 0.29) is 12.1 Å². The number of benzene rings is 2. The summed E-state index contributed by atoms with van der Waals surface area (Å²) >= 11 is 0. The Balaban J connectivity index is 1.51. The Morgan fingerprint density at radius 3 is 2.63 bits per heavy atom. The standard InChI is InChI=1S/C26H25N5O4/c1-2-3-12-30-24-23(29(17-27-24)15-21-9-6-13-35-21)25(33)31(26(30)34)16-22(32)28-20-11-10-18-7-4-5-8-19(18)14-20/h4-11,13-14,17H,2-3,12,15-16H2,1H3,(H,28,32). The first-order chi connectivity index (χ1) is 17.0. The van der Waals surface area contributed by atoms with Crippen molar-refractivity contribution >= 4 is 33.5 Å². The summed E-state index contributed by atoms with van der Waals surface area (Å²) in [6.45, 7) is 2.30. The smallest absolute Gasteiger partial charge is 0.333 e. The average Bonchev–Trinajstić information content (AvgIpc) is 3.52. The van der Waals surface area contributed by atoms with Crippen LogP contribution in [-0.4, -0.2) is 24.6 Å². The van der Waals surface area contributed by atoms with Crippen LogP contribution in [0.2, 0.25) is 0 Å². The van der Waals surface area contributed by atoms with Crippen molar-refractivity contribution in [3.05, 3.63) is 93.8 Å². The molecule has 9 heteroatoms. The number of hydrogen-bond acceptors (Lipinski definition) is 5. The van der Waals surface area contributed by atoms with Crippen molar-refractivity contribution in [1.82, 2.24) is 18.7 Å². The highest BCUT2D eigenvalue weighted by molar-refractivity contribution is 5.94. The van der Waals surface area contributed by atoms with Crippen LogP contribution in [0, 0.1) is 0 Å². The molecule has 0 aliphatic carbocycles. The van der Waals surface area contributed by atoms with Gasteiger partial charge in [-0.1, -0.05) is 43.7 Å². The molecule has 3 aromatic heterocycles. The molecular weight excluding hydrogens is 446 g/mol. The molecule has 0 saturated carbocycles. The maximum absolute atomic E-state index is 13.4. The summed E-state index contributed by atoms with van der Waals surface area (Å²) in [5.41, 5.74) is 0.0575. The molecule has 0 fully saturated rings. The number of rotatable bonds is 8. The third-order valence-corrected chi connectivity index (χ3v) is 5.96. The zero-order valence-electron chi connectivity index (χ0n) is 19.3. The highest BCUT2D eigenvalue weighted by Crippen LogP contribution is 2.19. The van der Waals surface area contributed by atoms with Crippen LogP contribution < -0.4 is 16.6 Å². The Morgan fingerprint density at radius 2 is 1.86 bits per heavy atom. The van der Waals surface area contributed by atoms with Crippen LogP contribution >= 0.6 is 0 Å². The number of carbonyl (C=O) groups is 1. The SMILES string of the molecule is CCCCn1c(=O)n(CC(=O)Nc2ccc3ccccc3c2)c(=O)c2c1ncn2Cc1ccco1. The molecule has 0 spiro atoms. The van der Waals surface area contributed by atoms with Crippen LogP contribution in [0.1, 0.15) is 25.5 Å². The van der Waals surface area contributed by atoms with Crippen molar-refractivity contribution in [2.45, 2.75) is 39.4 Å². The molecule has 0 aliphatic heterocycles. The number of imidazole rings is 1. The number of furan rings is 1. The largest absolute Gasteiger partial charge is 0.467 e.